The van der Waals surface area contributed by atoms with Gasteiger partial charge in [-0.25, -0.2) is 9.18 Å². The van der Waals surface area contributed by atoms with Crippen LogP contribution in [0.15, 0.2) is 24.3 Å². The second kappa shape index (κ2) is 5.26. The van der Waals surface area contributed by atoms with Crippen LogP contribution in [-0.4, -0.2) is 47.6 Å². The molecule has 1 atom stereocenters. The summed E-state index contributed by atoms with van der Waals surface area (Å²) < 4.78 is 12.9. The Bertz CT molecular complexity index is 489. The van der Waals surface area contributed by atoms with Crippen molar-refractivity contribution in [3.63, 3.8) is 0 Å². The quantitative estimate of drug-likeness (QED) is 0.865. The molecule has 19 heavy (non-hydrogen) atoms. The highest BCUT2D eigenvalue weighted by atomic mass is 19.1. The van der Waals surface area contributed by atoms with Gasteiger partial charge in [0, 0.05) is 32.2 Å². The number of halogens is 1. The van der Waals surface area contributed by atoms with Gasteiger partial charge >= 0.3 is 5.97 Å². The fourth-order valence-corrected chi connectivity index (χ4v) is 2.26. The van der Waals surface area contributed by atoms with Crippen molar-refractivity contribution in [2.45, 2.75) is 13.0 Å². The maximum atomic E-state index is 12.9. The van der Waals surface area contributed by atoms with Gasteiger partial charge in [-0.05, 0) is 24.3 Å². The lowest BCUT2D eigenvalue weighted by Crippen LogP contribution is -2.58. The molecule has 1 fully saturated rings. The molecule has 5 nitrogen and oxygen atoms in total. The van der Waals surface area contributed by atoms with Gasteiger partial charge < -0.3 is 14.9 Å². The predicted molar refractivity (Wildman–Crippen MR) is 67.4 cm³/mol. The zero-order valence-corrected chi connectivity index (χ0v) is 10.5. The number of hydrogen-bond acceptors (Lipinski definition) is 3. The van der Waals surface area contributed by atoms with Crippen molar-refractivity contribution in [1.29, 1.82) is 0 Å². The van der Waals surface area contributed by atoms with Crippen LogP contribution in [-0.2, 0) is 9.59 Å². The van der Waals surface area contributed by atoms with Crippen molar-refractivity contribution in [2.75, 3.05) is 24.5 Å². The van der Waals surface area contributed by atoms with Gasteiger partial charge in [-0.1, -0.05) is 0 Å². The summed E-state index contributed by atoms with van der Waals surface area (Å²) >= 11 is 0. The van der Waals surface area contributed by atoms with Gasteiger partial charge in [-0.15, -0.1) is 0 Å². The van der Waals surface area contributed by atoms with E-state index in [0.29, 0.717) is 13.1 Å². The number of nitrogens with zero attached hydrogens (tertiary/aromatic N) is 2. The molecule has 1 saturated heterocycles. The van der Waals surface area contributed by atoms with E-state index < -0.39 is 12.0 Å². The molecule has 1 amide bonds. The second-order valence-corrected chi connectivity index (χ2v) is 4.49. The van der Waals surface area contributed by atoms with Crippen molar-refractivity contribution in [3.8, 4) is 0 Å². The summed E-state index contributed by atoms with van der Waals surface area (Å²) in [5.41, 5.74) is 0.760. The summed E-state index contributed by atoms with van der Waals surface area (Å²) in [5, 5.41) is 9.19. The molecule has 0 aliphatic carbocycles. The van der Waals surface area contributed by atoms with Crippen LogP contribution in [0.1, 0.15) is 6.92 Å². The average molecular weight is 266 g/mol. The third kappa shape index (κ3) is 2.83. The number of piperazine rings is 1. The largest absolute Gasteiger partial charge is 0.480 e. The Hall–Kier alpha value is -2.11. The first-order valence-electron chi connectivity index (χ1n) is 5.99. The Morgan fingerprint density at radius 2 is 1.89 bits per heavy atom. The molecule has 6 heteroatoms. The minimum Gasteiger partial charge on any atom is -0.480 e. The first kappa shape index (κ1) is 13.3. The Morgan fingerprint density at radius 1 is 1.26 bits per heavy atom. The predicted octanol–water partition coefficient (Wildman–Crippen LogP) is 0.947. The lowest BCUT2D eigenvalue weighted by Gasteiger charge is -2.40. The number of anilines is 1. The maximum Gasteiger partial charge on any atom is 0.328 e. The molecule has 2 rings (SSSR count). The van der Waals surface area contributed by atoms with E-state index in [2.05, 4.69) is 0 Å². The van der Waals surface area contributed by atoms with Gasteiger partial charge in [0.15, 0.2) is 0 Å². The number of carboxylic acids is 1. The maximum absolute atomic E-state index is 12.9. The van der Waals surface area contributed by atoms with Crippen molar-refractivity contribution in [1.82, 2.24) is 4.90 Å². The first-order chi connectivity index (χ1) is 8.99. The van der Waals surface area contributed by atoms with Crippen molar-refractivity contribution in [3.05, 3.63) is 30.1 Å². The minimum absolute atomic E-state index is 0.209. The highest BCUT2D eigenvalue weighted by Crippen LogP contribution is 2.20. The van der Waals surface area contributed by atoms with Gasteiger partial charge in [0.2, 0.25) is 5.91 Å². The number of hydrogen-bond donors (Lipinski definition) is 1. The van der Waals surface area contributed by atoms with Crippen LogP contribution in [0.4, 0.5) is 10.1 Å². The van der Waals surface area contributed by atoms with Crippen molar-refractivity contribution in [2.24, 2.45) is 0 Å². The number of carbonyl (C=O) groups is 2. The lowest BCUT2D eigenvalue weighted by molar-refractivity contribution is -0.149. The fraction of sp³-hybridized carbons (Fsp3) is 0.385. The first-order valence-corrected chi connectivity index (χ1v) is 5.99. The van der Waals surface area contributed by atoms with E-state index in [1.54, 1.807) is 12.1 Å². The van der Waals surface area contributed by atoms with E-state index in [-0.39, 0.29) is 18.3 Å². The monoisotopic (exact) mass is 266 g/mol. The molecule has 1 aromatic carbocycles. The molecule has 0 bridgehead atoms. The number of rotatable bonds is 2. The number of carboxylic acid groups (broad SMARTS) is 1. The smallest absolute Gasteiger partial charge is 0.328 e. The molecular weight excluding hydrogens is 251 g/mol. The number of aliphatic carboxylic acids is 1. The Labute approximate surface area is 110 Å². The van der Waals surface area contributed by atoms with Crippen LogP contribution in [0, 0.1) is 5.82 Å². The highest BCUT2D eigenvalue weighted by Gasteiger charge is 2.33. The van der Waals surface area contributed by atoms with Crippen LogP contribution in [0.25, 0.3) is 0 Å². The second-order valence-electron chi connectivity index (χ2n) is 4.49. The molecule has 0 unspecified atom stereocenters. The number of benzene rings is 1. The van der Waals surface area contributed by atoms with Gasteiger partial charge in [0.1, 0.15) is 11.9 Å². The molecule has 1 aliphatic rings. The zero-order chi connectivity index (χ0) is 14.0. The Kier molecular flexibility index (Phi) is 3.69. The van der Waals surface area contributed by atoms with Gasteiger partial charge in [-0.2, -0.15) is 0 Å². The Balaban J connectivity index is 2.17. The van der Waals surface area contributed by atoms with Crippen LogP contribution in [0.2, 0.25) is 0 Å². The molecule has 1 aliphatic heterocycles. The molecule has 0 radical (unpaired) electrons. The summed E-state index contributed by atoms with van der Waals surface area (Å²) in [6.07, 6.45) is 0. The lowest BCUT2D eigenvalue weighted by atomic mass is 10.1. The van der Waals surface area contributed by atoms with Gasteiger partial charge in [0.25, 0.3) is 0 Å². The molecule has 0 spiro atoms. The van der Waals surface area contributed by atoms with E-state index >= 15 is 0 Å². The Morgan fingerprint density at radius 3 is 2.42 bits per heavy atom. The minimum atomic E-state index is -1.03. The van der Waals surface area contributed by atoms with Crippen LogP contribution in [0.3, 0.4) is 0 Å². The fourth-order valence-electron chi connectivity index (χ4n) is 2.26. The number of amides is 1. The summed E-state index contributed by atoms with van der Waals surface area (Å²) in [6.45, 7) is 2.46. The standard InChI is InChI=1S/C13H15FN2O3/c1-9(17)16-7-6-15(8-12(16)13(18)19)11-4-2-10(14)3-5-11/h2-5,12H,6-8H2,1H3,(H,18,19)/t12-/m1/s1. The molecule has 1 N–H and O–H groups in total. The SMILES string of the molecule is CC(=O)N1CCN(c2ccc(F)cc2)C[C@@H]1C(=O)O. The summed E-state index contributed by atoms with van der Waals surface area (Å²) in [7, 11) is 0. The molecule has 1 heterocycles. The molecular formula is C13H15FN2O3. The van der Waals surface area contributed by atoms with Crippen LogP contribution >= 0.6 is 0 Å². The van der Waals surface area contributed by atoms with E-state index in [0.717, 1.165) is 5.69 Å². The molecule has 1 aromatic rings. The summed E-state index contributed by atoms with van der Waals surface area (Å²) in [6, 6.07) is 5.02. The van der Waals surface area contributed by atoms with Crippen molar-refractivity contribution >= 4 is 17.6 Å². The van der Waals surface area contributed by atoms with Crippen LogP contribution in [0.5, 0.6) is 0 Å². The third-order valence-electron chi connectivity index (χ3n) is 3.26. The van der Waals surface area contributed by atoms with Gasteiger partial charge in [-0.3, -0.25) is 4.79 Å². The van der Waals surface area contributed by atoms with Gasteiger partial charge in [0.05, 0.1) is 0 Å². The zero-order valence-electron chi connectivity index (χ0n) is 10.5. The van der Waals surface area contributed by atoms with E-state index in [4.69, 9.17) is 0 Å². The normalized spacial score (nSPS) is 19.4. The topological polar surface area (TPSA) is 60.9 Å². The van der Waals surface area contributed by atoms with E-state index in [1.807, 2.05) is 4.90 Å². The molecule has 0 saturated carbocycles. The third-order valence-corrected chi connectivity index (χ3v) is 3.26. The highest BCUT2D eigenvalue weighted by molar-refractivity contribution is 5.83. The molecule has 0 aromatic heterocycles. The number of carbonyl (C=O) groups excluding carboxylic acids is 1. The van der Waals surface area contributed by atoms with E-state index in [1.165, 1.54) is 24.0 Å². The average Bonchev–Trinajstić information content (AvgIpc) is 2.38. The summed E-state index contributed by atoms with van der Waals surface area (Å²) in [5.74, 6) is -1.60. The summed E-state index contributed by atoms with van der Waals surface area (Å²) in [4.78, 5) is 25.8. The van der Waals surface area contributed by atoms with E-state index in [9.17, 15) is 19.1 Å². The molecule has 102 valence electrons. The van der Waals surface area contributed by atoms with Crippen molar-refractivity contribution < 1.29 is 19.1 Å². The van der Waals surface area contributed by atoms with Crippen LogP contribution < -0.4 is 4.90 Å².